The Morgan fingerprint density at radius 3 is 2.42 bits per heavy atom. The molecule has 2 nitrogen and oxygen atoms in total. The first-order valence-corrected chi connectivity index (χ1v) is 7.23. The van der Waals surface area contributed by atoms with Crippen LogP contribution in [-0.4, -0.2) is 20.1 Å². The fraction of sp³-hybridized carbons (Fsp3) is 0.625. The topological polar surface area (TPSA) is 15.3 Å². The van der Waals surface area contributed by atoms with Crippen LogP contribution >= 0.6 is 0 Å². The number of anilines is 1. The third-order valence-electron chi connectivity index (χ3n) is 4.11. The van der Waals surface area contributed by atoms with Gasteiger partial charge in [-0.2, -0.15) is 0 Å². The van der Waals surface area contributed by atoms with Gasteiger partial charge in [0.05, 0.1) is 5.69 Å². The summed E-state index contributed by atoms with van der Waals surface area (Å²) >= 11 is 0. The van der Waals surface area contributed by atoms with Crippen LogP contribution in [0.2, 0.25) is 0 Å². The van der Waals surface area contributed by atoms with Gasteiger partial charge >= 0.3 is 0 Å². The largest absolute Gasteiger partial charge is 0.369 e. The molecule has 0 spiro atoms. The van der Waals surface area contributed by atoms with Gasteiger partial charge in [-0.25, -0.2) is 4.39 Å². The van der Waals surface area contributed by atoms with Gasteiger partial charge in [0.2, 0.25) is 0 Å². The smallest absolute Gasteiger partial charge is 0.146 e. The third kappa shape index (κ3) is 3.27. The number of nitrogens with one attached hydrogen (secondary N) is 1. The molecular formula is C16H25FN2. The number of piperidine rings is 1. The van der Waals surface area contributed by atoms with E-state index in [4.69, 9.17) is 0 Å². The van der Waals surface area contributed by atoms with Crippen molar-refractivity contribution >= 4 is 5.69 Å². The van der Waals surface area contributed by atoms with Crippen molar-refractivity contribution in [2.24, 2.45) is 11.8 Å². The quantitative estimate of drug-likeness (QED) is 0.897. The van der Waals surface area contributed by atoms with E-state index in [0.717, 1.165) is 24.3 Å². The SMILES string of the molecule is CNC(C)c1ccc(N2CC(C)CC(C)C2)c(F)c1. The summed E-state index contributed by atoms with van der Waals surface area (Å²) < 4.78 is 14.3. The van der Waals surface area contributed by atoms with Crippen LogP contribution in [-0.2, 0) is 0 Å². The Balaban J connectivity index is 2.21. The Kier molecular flexibility index (Phi) is 4.46. The van der Waals surface area contributed by atoms with E-state index in [9.17, 15) is 4.39 Å². The first-order valence-electron chi connectivity index (χ1n) is 7.23. The summed E-state index contributed by atoms with van der Waals surface area (Å²) in [6.07, 6.45) is 1.24. The summed E-state index contributed by atoms with van der Waals surface area (Å²) in [5.41, 5.74) is 1.76. The minimum absolute atomic E-state index is 0.0964. The van der Waals surface area contributed by atoms with E-state index in [1.54, 1.807) is 6.07 Å². The van der Waals surface area contributed by atoms with Gasteiger partial charge in [0.1, 0.15) is 5.82 Å². The van der Waals surface area contributed by atoms with E-state index >= 15 is 0 Å². The number of nitrogens with zero attached hydrogens (tertiary/aromatic N) is 1. The Morgan fingerprint density at radius 2 is 1.89 bits per heavy atom. The molecule has 1 saturated heterocycles. The summed E-state index contributed by atoms with van der Waals surface area (Å²) in [4.78, 5) is 2.20. The molecule has 1 heterocycles. The summed E-state index contributed by atoms with van der Waals surface area (Å²) in [5.74, 6) is 1.18. The molecule has 106 valence electrons. The second kappa shape index (κ2) is 5.91. The van der Waals surface area contributed by atoms with Crippen LogP contribution < -0.4 is 10.2 Å². The van der Waals surface area contributed by atoms with Crippen LogP contribution in [0, 0.1) is 17.7 Å². The maximum atomic E-state index is 14.3. The molecule has 1 N–H and O–H groups in total. The Hall–Kier alpha value is -1.09. The molecule has 1 fully saturated rings. The number of rotatable bonds is 3. The van der Waals surface area contributed by atoms with Gasteiger partial charge in [0.15, 0.2) is 0 Å². The molecule has 3 heteroatoms. The zero-order valence-corrected chi connectivity index (χ0v) is 12.4. The van der Waals surface area contributed by atoms with Gasteiger partial charge in [-0.15, -0.1) is 0 Å². The van der Waals surface area contributed by atoms with Crippen molar-refractivity contribution in [3.63, 3.8) is 0 Å². The minimum atomic E-state index is -0.0964. The lowest BCUT2D eigenvalue weighted by Crippen LogP contribution is -2.39. The van der Waals surface area contributed by atoms with Gasteiger partial charge in [0, 0.05) is 19.1 Å². The number of benzene rings is 1. The van der Waals surface area contributed by atoms with Crippen LogP contribution in [0.15, 0.2) is 18.2 Å². The van der Waals surface area contributed by atoms with E-state index in [0.29, 0.717) is 11.8 Å². The minimum Gasteiger partial charge on any atom is -0.369 e. The lowest BCUT2D eigenvalue weighted by atomic mass is 9.91. The fourth-order valence-corrected chi connectivity index (χ4v) is 3.08. The zero-order valence-electron chi connectivity index (χ0n) is 12.4. The first-order chi connectivity index (χ1) is 9.01. The second-order valence-corrected chi connectivity index (χ2v) is 6.07. The van der Waals surface area contributed by atoms with E-state index in [1.165, 1.54) is 6.42 Å². The van der Waals surface area contributed by atoms with Gasteiger partial charge in [-0.05, 0) is 49.9 Å². The van der Waals surface area contributed by atoms with Crippen molar-refractivity contribution in [1.82, 2.24) is 5.32 Å². The molecule has 19 heavy (non-hydrogen) atoms. The molecule has 2 rings (SSSR count). The highest BCUT2D eigenvalue weighted by Gasteiger charge is 2.24. The molecule has 0 radical (unpaired) electrons. The molecule has 1 aliphatic rings. The molecule has 1 aliphatic heterocycles. The Labute approximate surface area is 116 Å². The van der Waals surface area contributed by atoms with E-state index in [2.05, 4.69) is 24.1 Å². The monoisotopic (exact) mass is 264 g/mol. The van der Waals surface area contributed by atoms with Crippen molar-refractivity contribution in [2.75, 3.05) is 25.0 Å². The highest BCUT2D eigenvalue weighted by molar-refractivity contribution is 5.50. The molecule has 0 amide bonds. The van der Waals surface area contributed by atoms with E-state index in [-0.39, 0.29) is 11.9 Å². The fourth-order valence-electron chi connectivity index (χ4n) is 3.08. The predicted octanol–water partition coefficient (Wildman–Crippen LogP) is 3.59. The molecule has 3 unspecified atom stereocenters. The van der Waals surface area contributed by atoms with Crippen LogP contribution in [0.4, 0.5) is 10.1 Å². The van der Waals surface area contributed by atoms with Crippen molar-refractivity contribution < 1.29 is 4.39 Å². The second-order valence-electron chi connectivity index (χ2n) is 6.07. The summed E-state index contributed by atoms with van der Waals surface area (Å²) in [5, 5.41) is 3.14. The maximum absolute atomic E-state index is 14.3. The molecule has 1 aromatic carbocycles. The molecular weight excluding hydrogens is 239 g/mol. The molecule has 0 aliphatic carbocycles. The van der Waals surface area contributed by atoms with Gasteiger partial charge in [-0.3, -0.25) is 0 Å². The number of halogens is 1. The lowest BCUT2D eigenvalue weighted by Gasteiger charge is -2.36. The number of hydrogen-bond acceptors (Lipinski definition) is 2. The van der Waals surface area contributed by atoms with Crippen molar-refractivity contribution in [2.45, 2.75) is 33.2 Å². The van der Waals surface area contributed by atoms with Crippen LogP contribution in [0.3, 0.4) is 0 Å². The summed E-state index contributed by atoms with van der Waals surface area (Å²) in [6.45, 7) is 8.46. The Bertz CT molecular complexity index is 423. The van der Waals surface area contributed by atoms with Crippen molar-refractivity contribution in [1.29, 1.82) is 0 Å². The van der Waals surface area contributed by atoms with Crippen LogP contribution in [0.5, 0.6) is 0 Å². The average molecular weight is 264 g/mol. The normalized spacial score (nSPS) is 25.4. The molecule has 3 atom stereocenters. The van der Waals surface area contributed by atoms with Crippen LogP contribution in [0.1, 0.15) is 38.8 Å². The maximum Gasteiger partial charge on any atom is 0.146 e. The molecule has 0 bridgehead atoms. The summed E-state index contributed by atoms with van der Waals surface area (Å²) in [6, 6.07) is 5.82. The number of hydrogen-bond donors (Lipinski definition) is 1. The third-order valence-corrected chi connectivity index (χ3v) is 4.11. The van der Waals surface area contributed by atoms with Crippen LogP contribution in [0.25, 0.3) is 0 Å². The lowest BCUT2D eigenvalue weighted by molar-refractivity contribution is 0.354. The average Bonchev–Trinajstić information content (AvgIpc) is 2.36. The van der Waals surface area contributed by atoms with Gasteiger partial charge in [-0.1, -0.05) is 19.9 Å². The molecule has 0 saturated carbocycles. The summed E-state index contributed by atoms with van der Waals surface area (Å²) in [7, 11) is 1.89. The highest BCUT2D eigenvalue weighted by atomic mass is 19.1. The van der Waals surface area contributed by atoms with E-state index < -0.39 is 0 Å². The standard InChI is InChI=1S/C16H25FN2/c1-11-7-12(2)10-19(9-11)16-6-5-14(8-15(16)17)13(3)18-4/h5-6,8,11-13,18H,7,9-10H2,1-4H3. The van der Waals surface area contributed by atoms with Gasteiger partial charge in [0.25, 0.3) is 0 Å². The van der Waals surface area contributed by atoms with Crippen molar-refractivity contribution in [3.05, 3.63) is 29.6 Å². The zero-order chi connectivity index (χ0) is 14.0. The van der Waals surface area contributed by atoms with Gasteiger partial charge < -0.3 is 10.2 Å². The predicted molar refractivity (Wildman–Crippen MR) is 79.0 cm³/mol. The Morgan fingerprint density at radius 1 is 1.26 bits per heavy atom. The molecule has 1 aromatic rings. The first kappa shape index (κ1) is 14.3. The highest BCUT2D eigenvalue weighted by Crippen LogP contribution is 2.29. The molecule has 0 aromatic heterocycles. The van der Waals surface area contributed by atoms with Crippen molar-refractivity contribution in [3.8, 4) is 0 Å². The van der Waals surface area contributed by atoms with E-state index in [1.807, 2.05) is 26.1 Å².